The summed E-state index contributed by atoms with van der Waals surface area (Å²) in [5.41, 5.74) is 3.77. The summed E-state index contributed by atoms with van der Waals surface area (Å²) in [6.07, 6.45) is 2.16. The van der Waals surface area contributed by atoms with Crippen LogP contribution in [0.5, 0.6) is 0 Å². The molecule has 2 nitrogen and oxygen atoms in total. The lowest BCUT2D eigenvalue weighted by Gasteiger charge is -2.26. The number of hydrogen-bond donors (Lipinski definition) is 0. The van der Waals surface area contributed by atoms with Crippen molar-refractivity contribution in [3.63, 3.8) is 0 Å². The highest BCUT2D eigenvalue weighted by Gasteiger charge is 2.33. The van der Waals surface area contributed by atoms with Crippen molar-refractivity contribution in [3.05, 3.63) is 47.8 Å². The van der Waals surface area contributed by atoms with E-state index in [0.29, 0.717) is 12.0 Å². The van der Waals surface area contributed by atoms with Crippen molar-refractivity contribution >= 4 is 0 Å². The van der Waals surface area contributed by atoms with Crippen LogP contribution in [0.15, 0.2) is 36.5 Å². The minimum Gasteiger partial charge on any atom is -0.227 e. The second kappa shape index (κ2) is 3.66. The molecule has 1 aliphatic rings. The predicted molar refractivity (Wildman–Crippen MR) is 67.7 cm³/mol. The van der Waals surface area contributed by atoms with Crippen LogP contribution in [0, 0.1) is 6.92 Å². The van der Waals surface area contributed by atoms with E-state index in [1.807, 2.05) is 6.92 Å². The Morgan fingerprint density at radius 2 is 1.88 bits per heavy atom. The van der Waals surface area contributed by atoms with Gasteiger partial charge in [0.05, 0.1) is 11.8 Å². The molecule has 0 saturated heterocycles. The maximum Gasteiger partial charge on any atom is 0.330 e. The summed E-state index contributed by atoms with van der Waals surface area (Å²) in [5, 5.41) is 0. The molecule has 2 heteroatoms. The molecule has 0 aliphatic carbocycles. The number of aryl methyl sites for hydroxylation is 1. The Kier molecular flexibility index (Phi) is 2.25. The summed E-state index contributed by atoms with van der Waals surface area (Å²) >= 11 is 0. The molecule has 3 rings (SSSR count). The van der Waals surface area contributed by atoms with Gasteiger partial charge in [-0.05, 0) is 23.5 Å². The minimum absolute atomic E-state index is 0.466. The zero-order chi connectivity index (χ0) is 12.0. The first kappa shape index (κ1) is 10.5. The highest BCUT2D eigenvalue weighted by atomic mass is 15.1. The fourth-order valence-corrected chi connectivity index (χ4v) is 2.65. The van der Waals surface area contributed by atoms with E-state index < -0.39 is 0 Å². The van der Waals surface area contributed by atoms with Crippen LogP contribution in [-0.4, -0.2) is 4.98 Å². The molecule has 0 fully saturated rings. The van der Waals surface area contributed by atoms with Crippen molar-refractivity contribution in [2.45, 2.75) is 32.7 Å². The van der Waals surface area contributed by atoms with Crippen molar-refractivity contribution < 1.29 is 4.57 Å². The number of benzene rings is 1. The maximum absolute atomic E-state index is 4.70. The minimum atomic E-state index is 0.466. The Bertz CT molecular complexity index is 575. The Hall–Kier alpha value is -1.70. The fraction of sp³-hybridized carbons (Fsp3) is 0.333. The first-order chi connectivity index (χ1) is 8.18. The third-order valence-corrected chi connectivity index (χ3v) is 3.86. The van der Waals surface area contributed by atoms with Gasteiger partial charge in [0.25, 0.3) is 0 Å². The van der Waals surface area contributed by atoms with Crippen molar-refractivity contribution in [3.8, 4) is 11.4 Å². The highest BCUT2D eigenvalue weighted by Crippen LogP contribution is 2.36. The van der Waals surface area contributed by atoms with E-state index in [9.17, 15) is 0 Å². The van der Waals surface area contributed by atoms with E-state index in [1.165, 1.54) is 11.1 Å². The number of hydrogen-bond acceptors (Lipinski definition) is 1. The van der Waals surface area contributed by atoms with Gasteiger partial charge in [-0.25, -0.2) is 4.57 Å². The molecule has 2 aromatic rings. The maximum atomic E-state index is 4.70. The molecule has 17 heavy (non-hydrogen) atoms. The molecule has 1 aromatic carbocycles. The van der Waals surface area contributed by atoms with Gasteiger partial charge in [-0.2, -0.15) is 0 Å². The summed E-state index contributed by atoms with van der Waals surface area (Å²) in [5.74, 6) is 1.64. The van der Waals surface area contributed by atoms with Crippen LogP contribution in [0.25, 0.3) is 11.4 Å². The molecular weight excluding hydrogens is 208 g/mol. The largest absolute Gasteiger partial charge is 0.330 e. The van der Waals surface area contributed by atoms with Gasteiger partial charge in [0, 0.05) is 18.9 Å². The van der Waals surface area contributed by atoms with E-state index >= 15 is 0 Å². The molecule has 0 amide bonds. The molecule has 2 atom stereocenters. The zero-order valence-electron chi connectivity index (χ0n) is 10.5. The number of aromatic nitrogens is 2. The molecule has 1 aromatic heterocycles. The molecule has 2 unspecified atom stereocenters. The van der Waals surface area contributed by atoms with Gasteiger partial charge in [-0.1, -0.05) is 25.1 Å². The van der Waals surface area contributed by atoms with E-state index in [1.54, 1.807) is 0 Å². The van der Waals surface area contributed by atoms with Crippen LogP contribution < -0.4 is 4.57 Å². The van der Waals surface area contributed by atoms with Crippen LogP contribution in [0.2, 0.25) is 0 Å². The van der Waals surface area contributed by atoms with Crippen LogP contribution in [0.4, 0.5) is 0 Å². The van der Waals surface area contributed by atoms with Crippen LogP contribution in [0.1, 0.15) is 37.1 Å². The first-order valence-electron chi connectivity index (χ1n) is 6.16. The van der Waals surface area contributed by atoms with E-state index in [-0.39, 0.29) is 0 Å². The van der Waals surface area contributed by atoms with Crippen molar-refractivity contribution in [1.29, 1.82) is 0 Å². The van der Waals surface area contributed by atoms with Gasteiger partial charge in [-0.3, -0.25) is 0 Å². The molecule has 2 heterocycles. The quantitative estimate of drug-likeness (QED) is 0.630. The molecule has 0 radical (unpaired) electrons. The molecule has 0 saturated carbocycles. The second-order valence-corrected chi connectivity index (χ2v) is 4.92. The summed E-state index contributed by atoms with van der Waals surface area (Å²) in [4.78, 5) is 4.70. The lowest BCUT2D eigenvalue weighted by Crippen LogP contribution is -2.46. The SMILES string of the molecule is Cc1cc[n+]2c(n1)-c1ccccc1C(C)C2C. The summed E-state index contributed by atoms with van der Waals surface area (Å²) in [6, 6.07) is 11.2. The van der Waals surface area contributed by atoms with Crippen LogP contribution >= 0.6 is 0 Å². The molecular formula is C15H17N2+. The monoisotopic (exact) mass is 225 g/mol. The van der Waals surface area contributed by atoms with Crippen molar-refractivity contribution in [2.75, 3.05) is 0 Å². The summed E-state index contributed by atoms with van der Waals surface area (Å²) in [7, 11) is 0. The van der Waals surface area contributed by atoms with Gasteiger partial charge in [-0.15, -0.1) is 0 Å². The molecule has 0 bridgehead atoms. The Morgan fingerprint density at radius 1 is 1.12 bits per heavy atom. The van der Waals surface area contributed by atoms with Crippen LogP contribution in [-0.2, 0) is 0 Å². The van der Waals surface area contributed by atoms with Gasteiger partial charge in [0.2, 0.25) is 0 Å². The lowest BCUT2D eigenvalue weighted by atomic mass is 9.86. The fourth-order valence-electron chi connectivity index (χ4n) is 2.65. The molecule has 86 valence electrons. The standard InChI is InChI=1S/C15H17N2/c1-10-8-9-17-12(3)11(2)13-6-4-5-7-14(13)15(17)16-10/h4-9,11-12H,1-3H3/q+1. The Balaban J connectivity index is 2.33. The average molecular weight is 225 g/mol. The van der Waals surface area contributed by atoms with E-state index in [4.69, 9.17) is 4.98 Å². The lowest BCUT2D eigenvalue weighted by molar-refractivity contribution is -0.716. The summed E-state index contributed by atoms with van der Waals surface area (Å²) in [6.45, 7) is 6.60. The zero-order valence-corrected chi connectivity index (χ0v) is 10.5. The van der Waals surface area contributed by atoms with Gasteiger partial charge >= 0.3 is 5.82 Å². The second-order valence-electron chi connectivity index (χ2n) is 4.92. The smallest absolute Gasteiger partial charge is 0.227 e. The topological polar surface area (TPSA) is 16.8 Å². The normalized spacial score (nSPS) is 21.8. The molecule has 0 spiro atoms. The highest BCUT2D eigenvalue weighted by molar-refractivity contribution is 5.60. The number of rotatable bonds is 0. The molecule has 1 aliphatic heterocycles. The van der Waals surface area contributed by atoms with Crippen LogP contribution in [0.3, 0.4) is 0 Å². The average Bonchev–Trinajstić information content (AvgIpc) is 2.36. The van der Waals surface area contributed by atoms with E-state index in [2.05, 4.69) is 54.9 Å². The van der Waals surface area contributed by atoms with Crippen molar-refractivity contribution in [1.82, 2.24) is 4.98 Å². The predicted octanol–water partition coefficient (Wildman–Crippen LogP) is 3.02. The number of nitrogens with zero attached hydrogens (tertiary/aromatic N) is 2. The van der Waals surface area contributed by atoms with Gasteiger partial charge in [0.15, 0.2) is 5.69 Å². The van der Waals surface area contributed by atoms with Gasteiger partial charge < -0.3 is 0 Å². The third-order valence-electron chi connectivity index (χ3n) is 3.86. The number of fused-ring (bicyclic) bond motifs is 3. The third kappa shape index (κ3) is 1.47. The Labute approximate surface area is 102 Å². The van der Waals surface area contributed by atoms with Gasteiger partial charge in [0.1, 0.15) is 6.04 Å². The first-order valence-corrected chi connectivity index (χ1v) is 6.16. The summed E-state index contributed by atoms with van der Waals surface area (Å²) < 4.78 is 2.29. The molecule has 0 N–H and O–H groups in total. The van der Waals surface area contributed by atoms with Crippen molar-refractivity contribution in [2.24, 2.45) is 0 Å². The van der Waals surface area contributed by atoms with E-state index in [0.717, 1.165) is 11.5 Å². The Morgan fingerprint density at radius 3 is 2.71 bits per heavy atom.